The number of hydrogen-bond donors (Lipinski definition) is 0. The van der Waals surface area contributed by atoms with Crippen LogP contribution in [0.2, 0.25) is 0 Å². The summed E-state index contributed by atoms with van der Waals surface area (Å²) in [6.45, 7) is 3.43. The summed E-state index contributed by atoms with van der Waals surface area (Å²) >= 11 is 0. The summed E-state index contributed by atoms with van der Waals surface area (Å²) < 4.78 is 23.5. The molecule has 29 heavy (non-hydrogen) atoms. The SMILES string of the molecule is Cc1noc(C)c1COC(=O)c1ccc2c(c1)C(=O)N(c1ccc(F)cc1)C2=O. The van der Waals surface area contributed by atoms with Crippen molar-refractivity contribution in [2.24, 2.45) is 0 Å². The molecule has 7 nitrogen and oxygen atoms in total. The number of aryl methyl sites for hydroxylation is 2. The lowest BCUT2D eigenvalue weighted by atomic mass is 10.1. The summed E-state index contributed by atoms with van der Waals surface area (Å²) in [6, 6.07) is 9.17. The molecule has 1 aromatic heterocycles. The third kappa shape index (κ3) is 3.18. The Hall–Kier alpha value is -3.81. The second-order valence-electron chi connectivity index (χ2n) is 6.56. The van der Waals surface area contributed by atoms with E-state index in [1.54, 1.807) is 13.8 Å². The lowest BCUT2D eigenvalue weighted by molar-refractivity contribution is 0.0470. The van der Waals surface area contributed by atoms with Crippen LogP contribution in [0.5, 0.6) is 0 Å². The first-order valence-electron chi connectivity index (χ1n) is 8.74. The van der Waals surface area contributed by atoms with Gasteiger partial charge in [0.15, 0.2) is 0 Å². The maximum absolute atomic E-state index is 13.1. The maximum Gasteiger partial charge on any atom is 0.338 e. The van der Waals surface area contributed by atoms with Gasteiger partial charge >= 0.3 is 5.97 Å². The number of ether oxygens (including phenoxy) is 1. The number of carbonyl (C=O) groups is 3. The number of amides is 2. The molecule has 4 rings (SSSR count). The standard InChI is InChI=1S/C21H15FN2O5/c1-11-18(12(2)29-23-11)10-28-21(27)13-3-8-16-17(9-13)20(26)24(19(16)25)15-6-4-14(22)5-7-15/h3-9H,10H2,1-2H3. The van der Waals surface area contributed by atoms with E-state index in [4.69, 9.17) is 9.26 Å². The Balaban J connectivity index is 1.57. The van der Waals surface area contributed by atoms with Crippen molar-refractivity contribution in [1.29, 1.82) is 0 Å². The van der Waals surface area contributed by atoms with Gasteiger partial charge in [0.25, 0.3) is 11.8 Å². The van der Waals surface area contributed by atoms with Crippen LogP contribution in [-0.4, -0.2) is 22.9 Å². The molecule has 1 aliphatic heterocycles. The molecular weight excluding hydrogens is 379 g/mol. The highest BCUT2D eigenvalue weighted by Crippen LogP contribution is 2.29. The Morgan fingerprint density at radius 3 is 2.41 bits per heavy atom. The average Bonchev–Trinajstić information content (AvgIpc) is 3.16. The predicted molar refractivity (Wildman–Crippen MR) is 99.1 cm³/mol. The summed E-state index contributed by atoms with van der Waals surface area (Å²) in [5.41, 5.74) is 1.94. The molecular formula is C21H15FN2O5. The average molecular weight is 394 g/mol. The van der Waals surface area contributed by atoms with Crippen LogP contribution in [0.4, 0.5) is 10.1 Å². The van der Waals surface area contributed by atoms with E-state index in [0.29, 0.717) is 17.0 Å². The molecule has 0 N–H and O–H groups in total. The highest BCUT2D eigenvalue weighted by molar-refractivity contribution is 6.34. The Kier molecular flexibility index (Phi) is 4.46. The minimum absolute atomic E-state index is 0.0222. The highest BCUT2D eigenvalue weighted by Gasteiger charge is 2.37. The van der Waals surface area contributed by atoms with Crippen LogP contribution >= 0.6 is 0 Å². The van der Waals surface area contributed by atoms with Crippen molar-refractivity contribution in [3.8, 4) is 0 Å². The first kappa shape index (κ1) is 18.5. The second kappa shape index (κ2) is 6.97. The Morgan fingerprint density at radius 1 is 1.07 bits per heavy atom. The summed E-state index contributed by atoms with van der Waals surface area (Å²) in [7, 11) is 0. The zero-order valence-electron chi connectivity index (χ0n) is 15.6. The van der Waals surface area contributed by atoms with E-state index in [1.807, 2.05) is 0 Å². The lowest BCUT2D eigenvalue weighted by Crippen LogP contribution is -2.29. The summed E-state index contributed by atoms with van der Waals surface area (Å²) in [6.07, 6.45) is 0. The molecule has 0 saturated carbocycles. The molecule has 0 bridgehead atoms. The van der Waals surface area contributed by atoms with Crippen molar-refractivity contribution < 1.29 is 28.0 Å². The fraction of sp³-hybridized carbons (Fsp3) is 0.143. The van der Waals surface area contributed by atoms with Crippen LogP contribution in [0.25, 0.3) is 0 Å². The molecule has 0 unspecified atom stereocenters. The van der Waals surface area contributed by atoms with Crippen molar-refractivity contribution in [3.63, 3.8) is 0 Å². The lowest BCUT2D eigenvalue weighted by Gasteiger charge is -2.13. The van der Waals surface area contributed by atoms with E-state index < -0.39 is 23.6 Å². The van der Waals surface area contributed by atoms with E-state index in [-0.39, 0.29) is 29.0 Å². The van der Waals surface area contributed by atoms with E-state index in [1.165, 1.54) is 30.3 Å². The number of hydrogen-bond acceptors (Lipinski definition) is 6. The number of anilines is 1. The van der Waals surface area contributed by atoms with Crippen molar-refractivity contribution in [3.05, 3.63) is 82.0 Å². The van der Waals surface area contributed by atoms with E-state index in [9.17, 15) is 18.8 Å². The van der Waals surface area contributed by atoms with Gasteiger partial charge in [0.2, 0.25) is 0 Å². The largest absolute Gasteiger partial charge is 0.457 e. The van der Waals surface area contributed by atoms with Gasteiger partial charge in [-0.25, -0.2) is 14.1 Å². The topological polar surface area (TPSA) is 89.7 Å². The quantitative estimate of drug-likeness (QED) is 0.496. The number of benzene rings is 2. The van der Waals surface area contributed by atoms with Crippen LogP contribution in [0.15, 0.2) is 47.0 Å². The number of fused-ring (bicyclic) bond motifs is 1. The third-order valence-electron chi connectivity index (χ3n) is 4.74. The smallest absolute Gasteiger partial charge is 0.338 e. The van der Waals surface area contributed by atoms with Crippen molar-refractivity contribution >= 4 is 23.5 Å². The normalized spacial score (nSPS) is 13.0. The van der Waals surface area contributed by atoms with Gasteiger partial charge in [-0.05, 0) is 56.3 Å². The Morgan fingerprint density at radius 2 is 1.76 bits per heavy atom. The van der Waals surface area contributed by atoms with Gasteiger partial charge < -0.3 is 9.26 Å². The number of nitrogens with zero attached hydrogens (tertiary/aromatic N) is 2. The Labute approximate surface area is 164 Å². The molecule has 0 saturated heterocycles. The first-order valence-corrected chi connectivity index (χ1v) is 8.74. The molecule has 1 aliphatic rings. The van der Waals surface area contributed by atoms with E-state index >= 15 is 0 Å². The van der Waals surface area contributed by atoms with Crippen LogP contribution in [0, 0.1) is 19.7 Å². The van der Waals surface area contributed by atoms with Crippen molar-refractivity contribution in [1.82, 2.24) is 5.16 Å². The molecule has 8 heteroatoms. The van der Waals surface area contributed by atoms with Gasteiger partial charge in [0.1, 0.15) is 18.2 Å². The van der Waals surface area contributed by atoms with Crippen molar-refractivity contribution in [2.45, 2.75) is 20.5 Å². The first-order chi connectivity index (χ1) is 13.9. The van der Waals surface area contributed by atoms with Crippen LogP contribution in [0.3, 0.4) is 0 Å². The fourth-order valence-electron chi connectivity index (χ4n) is 3.12. The molecule has 2 heterocycles. The van der Waals surface area contributed by atoms with Gasteiger partial charge in [-0.3, -0.25) is 9.59 Å². The number of rotatable bonds is 4. The molecule has 2 amide bonds. The van der Waals surface area contributed by atoms with Gasteiger partial charge in [-0.1, -0.05) is 5.16 Å². The number of esters is 1. The number of halogens is 1. The molecule has 0 fully saturated rings. The maximum atomic E-state index is 13.1. The van der Waals surface area contributed by atoms with Crippen molar-refractivity contribution in [2.75, 3.05) is 4.90 Å². The zero-order chi connectivity index (χ0) is 20.7. The minimum atomic E-state index is -0.645. The van der Waals surface area contributed by atoms with Gasteiger partial charge in [-0.15, -0.1) is 0 Å². The van der Waals surface area contributed by atoms with E-state index in [2.05, 4.69) is 5.16 Å². The second-order valence-corrected chi connectivity index (χ2v) is 6.56. The Bertz CT molecular complexity index is 1130. The van der Waals surface area contributed by atoms with Gasteiger partial charge in [-0.2, -0.15) is 0 Å². The zero-order valence-corrected chi connectivity index (χ0v) is 15.6. The molecule has 3 aromatic rings. The van der Waals surface area contributed by atoms with Gasteiger partial charge in [0.05, 0.1) is 33.6 Å². The monoisotopic (exact) mass is 394 g/mol. The summed E-state index contributed by atoms with van der Waals surface area (Å²) in [4.78, 5) is 38.7. The van der Waals surface area contributed by atoms with Crippen LogP contribution in [-0.2, 0) is 11.3 Å². The van der Waals surface area contributed by atoms with E-state index in [0.717, 1.165) is 17.0 Å². The minimum Gasteiger partial charge on any atom is -0.457 e. The van der Waals surface area contributed by atoms with Crippen LogP contribution < -0.4 is 4.90 Å². The number of carbonyl (C=O) groups excluding carboxylic acids is 3. The highest BCUT2D eigenvalue weighted by atomic mass is 19.1. The molecule has 0 aliphatic carbocycles. The number of aromatic nitrogens is 1. The predicted octanol–water partition coefficient (Wildman–Crippen LogP) is 3.59. The van der Waals surface area contributed by atoms with Crippen LogP contribution in [0.1, 0.15) is 48.1 Å². The summed E-state index contributed by atoms with van der Waals surface area (Å²) in [5, 5.41) is 3.80. The fourth-order valence-corrected chi connectivity index (χ4v) is 3.12. The third-order valence-corrected chi connectivity index (χ3v) is 4.74. The molecule has 2 aromatic carbocycles. The molecule has 0 atom stereocenters. The molecule has 0 spiro atoms. The molecule has 0 radical (unpaired) electrons. The summed E-state index contributed by atoms with van der Waals surface area (Å²) in [5.74, 6) is -1.69. The number of imide groups is 1. The molecule has 146 valence electrons. The van der Waals surface area contributed by atoms with Gasteiger partial charge in [0, 0.05) is 0 Å².